The van der Waals surface area contributed by atoms with Crippen LogP contribution in [0.3, 0.4) is 0 Å². The highest BCUT2D eigenvalue weighted by molar-refractivity contribution is 5.49. The Morgan fingerprint density at radius 1 is 1.64 bits per heavy atom. The zero-order valence-corrected chi connectivity index (χ0v) is 6.81. The molecular formula is C10H12O. The van der Waals surface area contributed by atoms with E-state index in [0.29, 0.717) is 12.4 Å². The summed E-state index contributed by atoms with van der Waals surface area (Å²) in [5.74, 6) is 0.706. The van der Waals surface area contributed by atoms with E-state index in [9.17, 15) is 0 Å². The summed E-state index contributed by atoms with van der Waals surface area (Å²) in [7, 11) is 0. The lowest BCUT2D eigenvalue weighted by Gasteiger charge is -1.97. The maximum atomic E-state index is 5.23. The van der Waals surface area contributed by atoms with Gasteiger partial charge in [-0.25, -0.2) is 0 Å². The second kappa shape index (κ2) is 2.79. The molecule has 0 spiro atoms. The standard InChI is InChI=1S/C10H12O/c1-5-9-8(4)11-6-10(9)7(2)3/h5H,1-2,4,6H2,3H3. The van der Waals surface area contributed by atoms with E-state index in [2.05, 4.69) is 19.7 Å². The lowest BCUT2D eigenvalue weighted by atomic mass is 10.0. The summed E-state index contributed by atoms with van der Waals surface area (Å²) in [5.41, 5.74) is 3.14. The van der Waals surface area contributed by atoms with Gasteiger partial charge in [0, 0.05) is 11.1 Å². The molecule has 0 aliphatic carbocycles. The van der Waals surface area contributed by atoms with Gasteiger partial charge in [-0.3, -0.25) is 0 Å². The highest BCUT2D eigenvalue weighted by Gasteiger charge is 2.16. The Morgan fingerprint density at radius 3 is 2.64 bits per heavy atom. The molecule has 11 heavy (non-hydrogen) atoms. The van der Waals surface area contributed by atoms with Gasteiger partial charge in [-0.2, -0.15) is 0 Å². The van der Waals surface area contributed by atoms with Crippen LogP contribution in [0.1, 0.15) is 6.92 Å². The van der Waals surface area contributed by atoms with E-state index in [0.717, 1.165) is 16.7 Å². The second-order valence-electron chi connectivity index (χ2n) is 2.59. The molecule has 0 saturated carbocycles. The van der Waals surface area contributed by atoms with Gasteiger partial charge in [0.15, 0.2) is 0 Å². The molecule has 0 unspecified atom stereocenters. The molecule has 0 N–H and O–H groups in total. The number of ether oxygens (including phenoxy) is 1. The van der Waals surface area contributed by atoms with Crippen LogP contribution in [-0.2, 0) is 4.74 Å². The van der Waals surface area contributed by atoms with Gasteiger partial charge >= 0.3 is 0 Å². The van der Waals surface area contributed by atoms with E-state index in [4.69, 9.17) is 4.74 Å². The van der Waals surface area contributed by atoms with Gasteiger partial charge < -0.3 is 4.74 Å². The summed E-state index contributed by atoms with van der Waals surface area (Å²) >= 11 is 0. The Bertz CT molecular complexity index is 256. The largest absolute Gasteiger partial charge is 0.489 e. The summed E-state index contributed by atoms with van der Waals surface area (Å²) < 4.78 is 5.23. The predicted octanol–water partition coefficient (Wildman–Crippen LogP) is 2.59. The first kappa shape index (κ1) is 7.86. The maximum Gasteiger partial charge on any atom is 0.120 e. The van der Waals surface area contributed by atoms with E-state index in [-0.39, 0.29) is 0 Å². The number of allylic oxidation sites excluding steroid dienone is 1. The van der Waals surface area contributed by atoms with Crippen LogP contribution in [0.2, 0.25) is 0 Å². The SMILES string of the molecule is C=CC1=C(C(=C)C)COC1=C. The molecule has 0 aromatic heterocycles. The van der Waals surface area contributed by atoms with E-state index < -0.39 is 0 Å². The molecule has 1 aliphatic rings. The van der Waals surface area contributed by atoms with Crippen molar-refractivity contribution < 1.29 is 4.74 Å². The van der Waals surface area contributed by atoms with Crippen LogP contribution in [0.25, 0.3) is 0 Å². The third-order valence-corrected chi connectivity index (χ3v) is 1.74. The lowest BCUT2D eigenvalue weighted by Crippen LogP contribution is -1.87. The third kappa shape index (κ3) is 1.27. The van der Waals surface area contributed by atoms with Crippen molar-refractivity contribution in [3.8, 4) is 0 Å². The summed E-state index contributed by atoms with van der Waals surface area (Å²) in [4.78, 5) is 0. The fourth-order valence-electron chi connectivity index (χ4n) is 1.07. The van der Waals surface area contributed by atoms with Crippen molar-refractivity contribution in [3.63, 3.8) is 0 Å². The van der Waals surface area contributed by atoms with Crippen molar-refractivity contribution in [1.29, 1.82) is 0 Å². The average molecular weight is 148 g/mol. The zero-order chi connectivity index (χ0) is 8.43. The highest BCUT2D eigenvalue weighted by Crippen LogP contribution is 2.27. The summed E-state index contributed by atoms with van der Waals surface area (Å²) in [5, 5.41) is 0. The minimum Gasteiger partial charge on any atom is -0.489 e. The van der Waals surface area contributed by atoms with Crippen LogP contribution in [-0.4, -0.2) is 6.61 Å². The van der Waals surface area contributed by atoms with Crippen LogP contribution in [0.15, 0.2) is 48.3 Å². The smallest absolute Gasteiger partial charge is 0.120 e. The number of hydrogen-bond acceptors (Lipinski definition) is 1. The molecule has 0 aromatic carbocycles. The van der Waals surface area contributed by atoms with Crippen molar-refractivity contribution in [1.82, 2.24) is 0 Å². The molecule has 0 aromatic rings. The van der Waals surface area contributed by atoms with E-state index in [1.807, 2.05) is 6.92 Å². The maximum absolute atomic E-state index is 5.23. The molecule has 0 saturated heterocycles. The van der Waals surface area contributed by atoms with Crippen LogP contribution in [0.4, 0.5) is 0 Å². The van der Waals surface area contributed by atoms with Gasteiger partial charge in [0.05, 0.1) is 0 Å². The van der Waals surface area contributed by atoms with Crippen LogP contribution in [0.5, 0.6) is 0 Å². The quantitative estimate of drug-likeness (QED) is 0.584. The van der Waals surface area contributed by atoms with Gasteiger partial charge in [0.2, 0.25) is 0 Å². The minimum atomic E-state index is 0.593. The zero-order valence-electron chi connectivity index (χ0n) is 6.81. The van der Waals surface area contributed by atoms with E-state index in [1.165, 1.54) is 0 Å². The minimum absolute atomic E-state index is 0.593. The third-order valence-electron chi connectivity index (χ3n) is 1.74. The Kier molecular flexibility index (Phi) is 1.99. The van der Waals surface area contributed by atoms with Gasteiger partial charge in [0.25, 0.3) is 0 Å². The Hall–Kier alpha value is -1.24. The molecule has 0 radical (unpaired) electrons. The molecule has 0 fully saturated rings. The number of rotatable bonds is 2. The normalized spacial score (nSPS) is 16.6. The molecule has 1 heteroatoms. The summed E-state index contributed by atoms with van der Waals surface area (Å²) in [6.45, 7) is 13.8. The van der Waals surface area contributed by atoms with Gasteiger partial charge in [-0.1, -0.05) is 31.4 Å². The lowest BCUT2D eigenvalue weighted by molar-refractivity contribution is 0.274. The fraction of sp³-hybridized carbons (Fsp3) is 0.200. The van der Waals surface area contributed by atoms with Crippen LogP contribution < -0.4 is 0 Å². The molecular weight excluding hydrogens is 136 g/mol. The molecule has 1 nitrogen and oxygen atoms in total. The molecule has 1 rings (SSSR count). The molecule has 0 bridgehead atoms. The highest BCUT2D eigenvalue weighted by atomic mass is 16.5. The van der Waals surface area contributed by atoms with Crippen molar-refractivity contribution >= 4 is 0 Å². The molecule has 1 heterocycles. The molecule has 0 amide bonds. The topological polar surface area (TPSA) is 9.23 Å². The first-order valence-electron chi connectivity index (χ1n) is 3.50. The summed E-state index contributed by atoms with van der Waals surface area (Å²) in [6.07, 6.45) is 1.76. The van der Waals surface area contributed by atoms with Crippen molar-refractivity contribution in [3.05, 3.63) is 48.3 Å². The van der Waals surface area contributed by atoms with Crippen LogP contribution in [0, 0.1) is 0 Å². The van der Waals surface area contributed by atoms with E-state index >= 15 is 0 Å². The second-order valence-corrected chi connectivity index (χ2v) is 2.59. The van der Waals surface area contributed by atoms with Crippen molar-refractivity contribution in [2.45, 2.75) is 6.92 Å². The monoisotopic (exact) mass is 148 g/mol. The molecule has 1 aliphatic heterocycles. The molecule has 58 valence electrons. The predicted molar refractivity (Wildman–Crippen MR) is 47.1 cm³/mol. The first-order chi connectivity index (χ1) is 5.16. The van der Waals surface area contributed by atoms with Gasteiger partial charge in [0.1, 0.15) is 12.4 Å². The molecule has 0 atom stereocenters. The fourth-order valence-corrected chi connectivity index (χ4v) is 1.07. The first-order valence-corrected chi connectivity index (χ1v) is 3.50. The van der Waals surface area contributed by atoms with Crippen molar-refractivity contribution in [2.24, 2.45) is 0 Å². The van der Waals surface area contributed by atoms with Crippen LogP contribution >= 0.6 is 0 Å². The van der Waals surface area contributed by atoms with E-state index in [1.54, 1.807) is 6.08 Å². The van der Waals surface area contributed by atoms with Gasteiger partial charge in [-0.15, -0.1) is 0 Å². The number of hydrogen-bond donors (Lipinski definition) is 0. The average Bonchev–Trinajstić information content (AvgIpc) is 2.30. The Labute approximate surface area is 67.4 Å². The van der Waals surface area contributed by atoms with Gasteiger partial charge in [-0.05, 0) is 6.92 Å². The van der Waals surface area contributed by atoms with Crippen molar-refractivity contribution in [2.75, 3.05) is 6.61 Å². The Balaban J connectivity index is 3.07. The summed E-state index contributed by atoms with van der Waals surface area (Å²) in [6, 6.07) is 0. The Morgan fingerprint density at radius 2 is 2.27 bits per heavy atom.